The van der Waals surface area contributed by atoms with Crippen LogP contribution in [0.1, 0.15) is 61.3 Å². The fourth-order valence-electron chi connectivity index (χ4n) is 4.19. The van der Waals surface area contributed by atoms with E-state index in [1.807, 2.05) is 24.5 Å². The number of nitro groups is 1. The standard InChI is InChI=1S/C28H27N3O7S/c1-6-37-27(33)25-17(4)26(28(34)38-7-2)39-24(25)14-23(32)20(15-29)13-19-12-16(3)30(18(19)5)21-8-10-22(11-9-21)31(35)36/h8-13H,6-7,14H2,1-5H3/b20-13+. The number of hydrogen-bond donors (Lipinski definition) is 0. The summed E-state index contributed by atoms with van der Waals surface area (Å²) in [5.74, 6) is -1.78. The Labute approximate surface area is 229 Å². The molecule has 0 radical (unpaired) electrons. The van der Waals surface area contributed by atoms with Gasteiger partial charge in [0.1, 0.15) is 10.9 Å². The minimum atomic E-state index is -0.654. The first-order valence-electron chi connectivity index (χ1n) is 12.1. The highest BCUT2D eigenvalue weighted by molar-refractivity contribution is 7.14. The fraction of sp³-hybridized carbons (Fsp3) is 0.286. The number of esters is 2. The van der Waals surface area contributed by atoms with Crippen molar-refractivity contribution in [1.82, 2.24) is 4.57 Å². The molecule has 0 aliphatic carbocycles. The number of Topliss-reactive ketones (excluding diaryl/α,β-unsaturated/α-hetero) is 1. The van der Waals surface area contributed by atoms with Crippen LogP contribution in [0.5, 0.6) is 0 Å². The zero-order valence-electron chi connectivity index (χ0n) is 22.2. The first-order chi connectivity index (χ1) is 18.5. The van der Waals surface area contributed by atoms with Crippen LogP contribution >= 0.6 is 11.3 Å². The van der Waals surface area contributed by atoms with Gasteiger partial charge in [-0.15, -0.1) is 11.3 Å². The molecule has 202 valence electrons. The van der Waals surface area contributed by atoms with Crippen LogP contribution in [-0.2, 0) is 20.7 Å². The first-order valence-corrected chi connectivity index (χ1v) is 12.9. The van der Waals surface area contributed by atoms with Crippen LogP contribution in [0.3, 0.4) is 0 Å². The molecule has 3 aromatic rings. The lowest BCUT2D eigenvalue weighted by molar-refractivity contribution is -0.384. The normalized spacial score (nSPS) is 11.1. The van der Waals surface area contributed by atoms with Crippen LogP contribution in [0.4, 0.5) is 5.69 Å². The van der Waals surface area contributed by atoms with Crippen molar-refractivity contribution in [3.8, 4) is 11.8 Å². The molecule has 0 spiro atoms. The van der Waals surface area contributed by atoms with Gasteiger partial charge in [-0.25, -0.2) is 9.59 Å². The Hall–Kier alpha value is -4.56. The van der Waals surface area contributed by atoms with Crippen LogP contribution in [0, 0.1) is 42.2 Å². The quantitative estimate of drug-likeness (QED) is 0.107. The average molecular weight is 550 g/mol. The number of benzene rings is 1. The number of ether oxygens (including phenoxy) is 2. The summed E-state index contributed by atoms with van der Waals surface area (Å²) in [7, 11) is 0. The predicted molar refractivity (Wildman–Crippen MR) is 145 cm³/mol. The van der Waals surface area contributed by atoms with Crippen molar-refractivity contribution in [3.63, 3.8) is 0 Å². The molecule has 10 nitrogen and oxygen atoms in total. The van der Waals surface area contributed by atoms with Crippen molar-refractivity contribution >= 4 is 40.8 Å². The molecule has 2 heterocycles. The summed E-state index contributed by atoms with van der Waals surface area (Å²) in [6.07, 6.45) is 1.20. The fourth-order valence-corrected chi connectivity index (χ4v) is 5.37. The Bertz CT molecular complexity index is 1520. The second-order valence-corrected chi connectivity index (χ2v) is 9.61. The van der Waals surface area contributed by atoms with Gasteiger partial charge < -0.3 is 14.0 Å². The highest BCUT2D eigenvalue weighted by Crippen LogP contribution is 2.31. The Morgan fingerprint density at radius 3 is 2.26 bits per heavy atom. The molecule has 39 heavy (non-hydrogen) atoms. The number of thiophene rings is 1. The number of nitrogens with zero attached hydrogens (tertiary/aromatic N) is 3. The van der Waals surface area contributed by atoms with Crippen molar-refractivity contribution in [2.75, 3.05) is 13.2 Å². The molecule has 0 unspecified atom stereocenters. The highest BCUT2D eigenvalue weighted by atomic mass is 32.1. The summed E-state index contributed by atoms with van der Waals surface area (Å²) in [6.45, 7) is 8.84. The number of nitro benzene ring substituents is 1. The predicted octanol–water partition coefficient (Wildman–Crippen LogP) is 5.44. The van der Waals surface area contributed by atoms with Crippen molar-refractivity contribution in [2.24, 2.45) is 0 Å². The third-order valence-electron chi connectivity index (χ3n) is 5.99. The Morgan fingerprint density at radius 2 is 1.69 bits per heavy atom. The van der Waals surface area contributed by atoms with Gasteiger partial charge in [0.25, 0.3) is 5.69 Å². The molecule has 0 saturated heterocycles. The van der Waals surface area contributed by atoms with E-state index in [1.165, 1.54) is 18.2 Å². The average Bonchev–Trinajstić information content (AvgIpc) is 3.37. The lowest BCUT2D eigenvalue weighted by Crippen LogP contribution is -2.12. The minimum absolute atomic E-state index is 0.0317. The van der Waals surface area contributed by atoms with Gasteiger partial charge in [-0.3, -0.25) is 14.9 Å². The number of aryl methyl sites for hydroxylation is 1. The number of nitriles is 1. The van der Waals surface area contributed by atoms with Gasteiger partial charge in [0.15, 0.2) is 5.78 Å². The maximum absolute atomic E-state index is 13.2. The van der Waals surface area contributed by atoms with Crippen LogP contribution in [-0.4, -0.2) is 40.4 Å². The zero-order chi connectivity index (χ0) is 28.9. The second-order valence-electron chi connectivity index (χ2n) is 8.50. The number of non-ortho nitro benzene ring substituents is 1. The van der Waals surface area contributed by atoms with Gasteiger partial charge in [0, 0.05) is 40.5 Å². The van der Waals surface area contributed by atoms with E-state index >= 15 is 0 Å². The van der Waals surface area contributed by atoms with E-state index in [0.717, 1.165) is 22.7 Å². The molecule has 0 saturated carbocycles. The van der Waals surface area contributed by atoms with Gasteiger partial charge >= 0.3 is 11.9 Å². The van der Waals surface area contributed by atoms with E-state index in [2.05, 4.69) is 0 Å². The van der Waals surface area contributed by atoms with Gasteiger partial charge in [-0.1, -0.05) is 0 Å². The van der Waals surface area contributed by atoms with Crippen molar-refractivity contribution in [1.29, 1.82) is 5.26 Å². The van der Waals surface area contributed by atoms with Gasteiger partial charge in [0.2, 0.25) is 0 Å². The Balaban J connectivity index is 1.98. The number of ketones is 1. The van der Waals surface area contributed by atoms with Gasteiger partial charge in [-0.2, -0.15) is 5.26 Å². The molecular formula is C28H27N3O7S. The van der Waals surface area contributed by atoms with Crippen LogP contribution in [0.25, 0.3) is 11.8 Å². The largest absolute Gasteiger partial charge is 0.462 e. The summed E-state index contributed by atoms with van der Waals surface area (Å²) in [5, 5.41) is 20.8. The smallest absolute Gasteiger partial charge is 0.348 e. The SMILES string of the molecule is CCOC(=O)c1sc(CC(=O)/C(C#N)=C/c2cc(C)n(-c3ccc([N+](=O)[O-])cc3)c2C)c(C(=O)OCC)c1C. The summed E-state index contributed by atoms with van der Waals surface area (Å²) in [4.78, 5) is 49.4. The van der Waals surface area contributed by atoms with Crippen molar-refractivity contribution in [2.45, 2.75) is 41.0 Å². The Morgan fingerprint density at radius 1 is 1.08 bits per heavy atom. The van der Waals surface area contributed by atoms with E-state index in [1.54, 1.807) is 39.0 Å². The highest BCUT2D eigenvalue weighted by Gasteiger charge is 2.28. The first kappa shape index (κ1) is 29.0. The third kappa shape index (κ3) is 6.13. The lowest BCUT2D eigenvalue weighted by Gasteiger charge is -2.09. The van der Waals surface area contributed by atoms with E-state index in [9.17, 15) is 29.8 Å². The maximum atomic E-state index is 13.2. The van der Waals surface area contributed by atoms with Gasteiger partial charge in [0.05, 0.1) is 29.3 Å². The maximum Gasteiger partial charge on any atom is 0.348 e. The minimum Gasteiger partial charge on any atom is -0.462 e. The molecule has 11 heteroatoms. The molecule has 0 bridgehead atoms. The third-order valence-corrected chi connectivity index (χ3v) is 7.26. The van der Waals surface area contributed by atoms with Gasteiger partial charge in [-0.05, 0) is 70.0 Å². The number of carbonyl (C=O) groups excluding carboxylic acids is 3. The molecule has 0 fully saturated rings. The number of rotatable bonds is 10. The summed E-state index contributed by atoms with van der Waals surface area (Å²) < 4.78 is 12.1. The molecule has 0 N–H and O–H groups in total. The molecule has 0 atom stereocenters. The lowest BCUT2D eigenvalue weighted by atomic mass is 10.0. The molecule has 3 rings (SSSR count). The van der Waals surface area contributed by atoms with E-state index in [-0.39, 0.29) is 41.3 Å². The molecule has 1 aromatic carbocycles. The van der Waals surface area contributed by atoms with E-state index < -0.39 is 22.6 Å². The molecule has 0 aliphatic rings. The molecule has 0 aliphatic heterocycles. The molecule has 2 aromatic heterocycles. The van der Waals surface area contributed by atoms with E-state index in [4.69, 9.17) is 9.47 Å². The van der Waals surface area contributed by atoms with Crippen molar-refractivity contribution < 1.29 is 28.8 Å². The topological polar surface area (TPSA) is 142 Å². The summed E-state index contributed by atoms with van der Waals surface area (Å²) in [5.41, 5.74) is 3.19. The number of allylic oxidation sites excluding steroid dienone is 1. The summed E-state index contributed by atoms with van der Waals surface area (Å²) in [6, 6.07) is 9.81. The van der Waals surface area contributed by atoms with Crippen molar-refractivity contribution in [3.05, 3.63) is 83.9 Å². The number of aromatic nitrogens is 1. The van der Waals surface area contributed by atoms with Crippen LogP contribution in [0.2, 0.25) is 0 Å². The number of carbonyl (C=O) groups is 3. The second kappa shape index (κ2) is 12.3. The van der Waals surface area contributed by atoms with Crippen LogP contribution < -0.4 is 0 Å². The van der Waals surface area contributed by atoms with E-state index in [0.29, 0.717) is 21.7 Å². The number of hydrogen-bond acceptors (Lipinski definition) is 9. The molecule has 0 amide bonds. The monoisotopic (exact) mass is 549 g/mol. The van der Waals surface area contributed by atoms with Crippen LogP contribution in [0.15, 0.2) is 35.9 Å². The Kier molecular flexibility index (Phi) is 9.16. The summed E-state index contributed by atoms with van der Waals surface area (Å²) >= 11 is 0.976. The zero-order valence-corrected chi connectivity index (χ0v) is 23.0. The molecular weight excluding hydrogens is 522 g/mol.